The minimum absolute atomic E-state index is 0.00836. The first kappa shape index (κ1) is 18.3. The third kappa shape index (κ3) is 4.37. The molecule has 8 heteroatoms. The average molecular weight is 382 g/mol. The smallest absolute Gasteiger partial charge is 0.227 e. The Bertz CT molecular complexity index is 853. The Morgan fingerprint density at radius 3 is 2.64 bits per heavy atom. The third-order valence-electron chi connectivity index (χ3n) is 4.65. The first-order chi connectivity index (χ1) is 11.8. The van der Waals surface area contributed by atoms with Crippen LogP contribution < -0.4 is 10.0 Å². The largest absolute Gasteiger partial charge is 0.326 e. The molecule has 1 aromatic heterocycles. The van der Waals surface area contributed by atoms with Crippen LogP contribution in [0.1, 0.15) is 39.5 Å². The molecule has 0 spiro atoms. The lowest BCUT2D eigenvalue weighted by Gasteiger charge is -2.28. The second-order valence-corrected chi connectivity index (χ2v) is 9.94. The van der Waals surface area contributed by atoms with Gasteiger partial charge >= 0.3 is 0 Å². The summed E-state index contributed by atoms with van der Waals surface area (Å²) in [6, 6.07) is 5.64. The Kier molecular flexibility index (Phi) is 5.41. The molecule has 1 heterocycles. The molecule has 0 saturated heterocycles. The van der Waals surface area contributed by atoms with Gasteiger partial charge in [-0.15, -0.1) is 11.3 Å². The van der Waals surface area contributed by atoms with Crippen molar-refractivity contribution in [3.8, 4) is 0 Å². The number of nitrogens with one attached hydrogen (secondary N) is 2. The van der Waals surface area contributed by atoms with Crippen molar-refractivity contribution in [2.75, 3.05) is 5.32 Å². The van der Waals surface area contributed by atoms with Crippen LogP contribution in [0.3, 0.4) is 0 Å². The fraction of sp³-hybridized carbons (Fsp3) is 0.529. The lowest BCUT2D eigenvalue weighted by molar-refractivity contribution is -0.120. The first-order valence-electron chi connectivity index (χ1n) is 8.50. The maximum Gasteiger partial charge on any atom is 0.227 e. The van der Waals surface area contributed by atoms with Gasteiger partial charge in [-0.1, -0.05) is 0 Å². The van der Waals surface area contributed by atoms with Gasteiger partial charge in [-0.05, 0) is 57.7 Å². The first-order valence-corrected chi connectivity index (χ1v) is 10.9. The van der Waals surface area contributed by atoms with Crippen molar-refractivity contribution in [3.63, 3.8) is 0 Å². The van der Waals surface area contributed by atoms with Crippen LogP contribution in [0.15, 0.2) is 23.7 Å². The summed E-state index contributed by atoms with van der Waals surface area (Å²) < 4.78 is 27.7. The van der Waals surface area contributed by atoms with Gasteiger partial charge in [-0.2, -0.15) is 0 Å². The van der Waals surface area contributed by atoms with Crippen LogP contribution in [0.25, 0.3) is 10.2 Å². The van der Waals surface area contributed by atoms with Gasteiger partial charge in [-0.3, -0.25) is 4.79 Å². The van der Waals surface area contributed by atoms with Gasteiger partial charge in [0.2, 0.25) is 15.9 Å². The molecule has 1 amide bonds. The molecule has 0 radical (unpaired) electrons. The van der Waals surface area contributed by atoms with Crippen molar-refractivity contribution in [3.05, 3.63) is 23.7 Å². The molecule has 1 fully saturated rings. The summed E-state index contributed by atoms with van der Waals surface area (Å²) in [5.41, 5.74) is 3.50. The molecule has 6 nitrogen and oxygen atoms in total. The normalized spacial score (nSPS) is 21.6. The maximum absolute atomic E-state index is 12.5. The highest BCUT2D eigenvalue weighted by molar-refractivity contribution is 7.90. The van der Waals surface area contributed by atoms with E-state index in [-0.39, 0.29) is 17.9 Å². The van der Waals surface area contributed by atoms with Crippen LogP contribution >= 0.6 is 11.3 Å². The fourth-order valence-electron chi connectivity index (χ4n) is 3.02. The van der Waals surface area contributed by atoms with E-state index in [2.05, 4.69) is 15.0 Å². The number of hydrogen-bond donors (Lipinski definition) is 2. The van der Waals surface area contributed by atoms with Crippen molar-refractivity contribution in [1.29, 1.82) is 0 Å². The monoisotopic (exact) mass is 381 g/mol. The van der Waals surface area contributed by atoms with Crippen molar-refractivity contribution < 1.29 is 13.2 Å². The number of benzene rings is 1. The van der Waals surface area contributed by atoms with Crippen molar-refractivity contribution in [2.45, 2.75) is 50.8 Å². The third-order valence-corrected chi connectivity index (χ3v) is 7.34. The van der Waals surface area contributed by atoms with Crippen LogP contribution in [0.2, 0.25) is 0 Å². The van der Waals surface area contributed by atoms with Gasteiger partial charge in [-0.25, -0.2) is 18.1 Å². The van der Waals surface area contributed by atoms with Crippen molar-refractivity contribution in [2.24, 2.45) is 5.92 Å². The molecule has 1 aliphatic rings. The molecule has 2 aromatic rings. The van der Waals surface area contributed by atoms with Gasteiger partial charge in [0, 0.05) is 17.6 Å². The number of anilines is 1. The van der Waals surface area contributed by atoms with E-state index in [0.29, 0.717) is 25.7 Å². The zero-order valence-electron chi connectivity index (χ0n) is 14.4. The molecular formula is C17H23N3O3S2. The highest BCUT2D eigenvalue weighted by Crippen LogP contribution is 2.27. The van der Waals surface area contributed by atoms with E-state index in [4.69, 9.17) is 0 Å². The maximum atomic E-state index is 12.5. The molecule has 0 atom stereocenters. The number of hydrogen-bond acceptors (Lipinski definition) is 5. The minimum atomic E-state index is -3.25. The highest BCUT2D eigenvalue weighted by Gasteiger charge is 2.29. The standard InChI is InChI=1S/C17H23N3O3S2/c1-11(2)25(22,23)20-13-5-3-12(4-6-13)17(21)19-14-7-8-15-16(9-14)24-10-18-15/h7-13,20H,3-6H2,1-2H3,(H,19,21). The predicted molar refractivity (Wildman–Crippen MR) is 101 cm³/mol. The number of aromatic nitrogens is 1. The number of carbonyl (C=O) groups is 1. The van der Waals surface area contributed by atoms with Gasteiger partial charge < -0.3 is 5.32 Å². The molecule has 1 aliphatic carbocycles. The van der Waals surface area contributed by atoms with Gasteiger partial charge in [0.1, 0.15) is 0 Å². The summed E-state index contributed by atoms with van der Waals surface area (Å²) in [7, 11) is -3.25. The Labute approximate surface area is 152 Å². The second kappa shape index (κ2) is 7.39. The quantitative estimate of drug-likeness (QED) is 0.833. The van der Waals surface area contributed by atoms with Gasteiger partial charge in [0.15, 0.2) is 0 Å². The molecule has 1 saturated carbocycles. The van der Waals surface area contributed by atoms with Gasteiger partial charge in [0.05, 0.1) is 21.0 Å². The number of thiazole rings is 1. The number of sulfonamides is 1. The molecule has 136 valence electrons. The average Bonchev–Trinajstić information content (AvgIpc) is 3.02. The summed E-state index contributed by atoms with van der Waals surface area (Å²) in [5.74, 6) is -0.0639. The minimum Gasteiger partial charge on any atom is -0.326 e. The van der Waals surface area contributed by atoms with E-state index in [1.54, 1.807) is 30.7 Å². The van der Waals surface area contributed by atoms with Crippen LogP contribution in [-0.2, 0) is 14.8 Å². The number of amides is 1. The predicted octanol–water partition coefficient (Wildman–Crippen LogP) is 3.12. The van der Waals surface area contributed by atoms with Crippen LogP contribution in [-0.4, -0.2) is 30.6 Å². The van der Waals surface area contributed by atoms with E-state index in [9.17, 15) is 13.2 Å². The SMILES string of the molecule is CC(C)S(=O)(=O)NC1CCC(C(=O)Nc2ccc3ncsc3c2)CC1. The Morgan fingerprint density at radius 1 is 1.24 bits per heavy atom. The number of nitrogens with zero attached hydrogens (tertiary/aromatic N) is 1. The summed E-state index contributed by atoms with van der Waals surface area (Å²) in [5, 5.41) is 2.54. The van der Waals surface area contributed by atoms with E-state index in [0.717, 1.165) is 15.9 Å². The molecular weight excluding hydrogens is 358 g/mol. The van der Waals surface area contributed by atoms with Crippen molar-refractivity contribution >= 4 is 43.2 Å². The van der Waals surface area contributed by atoms with E-state index in [1.807, 2.05) is 18.2 Å². The van der Waals surface area contributed by atoms with E-state index < -0.39 is 15.3 Å². The van der Waals surface area contributed by atoms with Crippen molar-refractivity contribution in [1.82, 2.24) is 9.71 Å². The number of rotatable bonds is 5. The van der Waals surface area contributed by atoms with E-state index in [1.165, 1.54) is 0 Å². The Balaban J connectivity index is 1.54. The van der Waals surface area contributed by atoms with Gasteiger partial charge in [0.25, 0.3) is 0 Å². The van der Waals surface area contributed by atoms with E-state index >= 15 is 0 Å². The zero-order chi connectivity index (χ0) is 18.0. The number of fused-ring (bicyclic) bond motifs is 1. The summed E-state index contributed by atoms with van der Waals surface area (Å²) in [4.78, 5) is 16.7. The lowest BCUT2D eigenvalue weighted by atomic mass is 9.86. The molecule has 0 bridgehead atoms. The summed E-state index contributed by atoms with van der Waals surface area (Å²) in [6.07, 6.45) is 2.77. The molecule has 25 heavy (non-hydrogen) atoms. The van der Waals surface area contributed by atoms with Crippen LogP contribution in [0.5, 0.6) is 0 Å². The molecule has 0 aliphatic heterocycles. The molecule has 2 N–H and O–H groups in total. The second-order valence-electron chi connectivity index (χ2n) is 6.78. The topological polar surface area (TPSA) is 88.2 Å². The Hall–Kier alpha value is -1.51. The summed E-state index contributed by atoms with van der Waals surface area (Å²) in [6.45, 7) is 3.34. The molecule has 0 unspecified atom stereocenters. The molecule has 1 aromatic carbocycles. The Morgan fingerprint density at radius 2 is 1.96 bits per heavy atom. The lowest BCUT2D eigenvalue weighted by Crippen LogP contribution is -2.42. The highest BCUT2D eigenvalue weighted by atomic mass is 32.2. The van der Waals surface area contributed by atoms with Crippen LogP contribution in [0.4, 0.5) is 5.69 Å². The zero-order valence-corrected chi connectivity index (χ0v) is 16.0. The fourth-order valence-corrected chi connectivity index (χ4v) is 4.71. The number of carbonyl (C=O) groups excluding carboxylic acids is 1. The molecule has 3 rings (SSSR count). The summed E-state index contributed by atoms with van der Waals surface area (Å²) >= 11 is 1.54. The van der Waals surface area contributed by atoms with Crippen LogP contribution in [0, 0.1) is 5.92 Å².